The molecule has 2 nitrogen and oxygen atoms in total. The van der Waals surface area contributed by atoms with Crippen molar-refractivity contribution >= 4 is 0 Å². The lowest BCUT2D eigenvalue weighted by Gasteiger charge is -2.52. The Morgan fingerprint density at radius 1 is 1.32 bits per heavy atom. The van der Waals surface area contributed by atoms with Crippen LogP contribution in [0.3, 0.4) is 0 Å². The van der Waals surface area contributed by atoms with Gasteiger partial charge in [0.15, 0.2) is 0 Å². The van der Waals surface area contributed by atoms with E-state index in [1.807, 2.05) is 6.07 Å². The van der Waals surface area contributed by atoms with Crippen molar-refractivity contribution in [2.75, 3.05) is 6.54 Å². The Kier molecular flexibility index (Phi) is 4.64. The summed E-state index contributed by atoms with van der Waals surface area (Å²) in [5.41, 5.74) is 1.50. The molecule has 1 aromatic carbocycles. The van der Waals surface area contributed by atoms with Gasteiger partial charge in [-0.3, -0.25) is 0 Å². The zero-order chi connectivity index (χ0) is 13.9. The van der Waals surface area contributed by atoms with E-state index in [1.165, 1.54) is 12.0 Å². The van der Waals surface area contributed by atoms with Crippen molar-refractivity contribution < 1.29 is 4.74 Å². The maximum atomic E-state index is 6.26. The second-order valence-corrected chi connectivity index (χ2v) is 6.24. The Labute approximate surface area is 117 Å². The number of ether oxygens (including phenoxy) is 1. The fourth-order valence-electron chi connectivity index (χ4n) is 2.83. The highest BCUT2D eigenvalue weighted by atomic mass is 16.5. The third-order valence-electron chi connectivity index (χ3n) is 4.46. The summed E-state index contributed by atoms with van der Waals surface area (Å²) in [6, 6.07) is 11.1. The van der Waals surface area contributed by atoms with Crippen LogP contribution in [0.5, 0.6) is 0 Å². The minimum Gasteiger partial charge on any atom is -0.370 e. The molecule has 2 heteroatoms. The molecule has 1 fully saturated rings. The standard InChI is InChI=1S/C17H27NO/c1-5-11-18-15-12-16(17(15,3)4)19-13(2)14-9-7-6-8-10-14/h6-10,13,15-16,18H,5,11-12H2,1-4H3. The maximum Gasteiger partial charge on any atom is 0.0800 e. The molecule has 0 spiro atoms. The minimum absolute atomic E-state index is 0.178. The highest BCUT2D eigenvalue weighted by Gasteiger charge is 2.49. The van der Waals surface area contributed by atoms with Gasteiger partial charge in [0.25, 0.3) is 0 Å². The van der Waals surface area contributed by atoms with E-state index in [0.29, 0.717) is 12.1 Å². The first-order chi connectivity index (χ1) is 9.05. The average Bonchev–Trinajstić information content (AvgIpc) is 2.42. The highest BCUT2D eigenvalue weighted by molar-refractivity contribution is 5.17. The summed E-state index contributed by atoms with van der Waals surface area (Å²) < 4.78 is 6.26. The number of hydrogen-bond donors (Lipinski definition) is 1. The predicted molar refractivity (Wildman–Crippen MR) is 80.2 cm³/mol. The third-order valence-corrected chi connectivity index (χ3v) is 4.46. The van der Waals surface area contributed by atoms with Gasteiger partial charge in [-0.2, -0.15) is 0 Å². The van der Waals surface area contributed by atoms with Crippen molar-refractivity contribution in [2.24, 2.45) is 5.41 Å². The van der Waals surface area contributed by atoms with Crippen molar-refractivity contribution in [3.8, 4) is 0 Å². The predicted octanol–water partition coefficient (Wildman–Crippen LogP) is 3.93. The van der Waals surface area contributed by atoms with Crippen molar-refractivity contribution in [3.63, 3.8) is 0 Å². The molecule has 2 rings (SSSR count). The van der Waals surface area contributed by atoms with E-state index in [1.54, 1.807) is 0 Å². The largest absolute Gasteiger partial charge is 0.370 e. The van der Waals surface area contributed by atoms with E-state index < -0.39 is 0 Å². The van der Waals surface area contributed by atoms with E-state index >= 15 is 0 Å². The number of rotatable bonds is 6. The molecule has 0 radical (unpaired) electrons. The fourth-order valence-corrected chi connectivity index (χ4v) is 2.83. The quantitative estimate of drug-likeness (QED) is 0.837. The SMILES string of the molecule is CCCNC1CC(OC(C)c2ccccc2)C1(C)C. The van der Waals surface area contributed by atoms with Crippen molar-refractivity contribution in [1.29, 1.82) is 0 Å². The van der Waals surface area contributed by atoms with Gasteiger partial charge in [-0.05, 0) is 31.9 Å². The van der Waals surface area contributed by atoms with Gasteiger partial charge < -0.3 is 10.1 Å². The zero-order valence-electron chi connectivity index (χ0n) is 12.6. The van der Waals surface area contributed by atoms with Crippen LogP contribution >= 0.6 is 0 Å². The summed E-state index contributed by atoms with van der Waals surface area (Å²) in [6.07, 6.45) is 2.86. The van der Waals surface area contributed by atoms with Gasteiger partial charge in [-0.25, -0.2) is 0 Å². The lowest BCUT2D eigenvalue weighted by Crippen LogP contribution is -2.61. The van der Waals surface area contributed by atoms with Crippen LogP contribution in [-0.4, -0.2) is 18.7 Å². The molecule has 19 heavy (non-hydrogen) atoms. The fraction of sp³-hybridized carbons (Fsp3) is 0.647. The van der Waals surface area contributed by atoms with E-state index in [4.69, 9.17) is 4.74 Å². The Bertz CT molecular complexity index is 388. The molecule has 0 bridgehead atoms. The molecular weight excluding hydrogens is 234 g/mol. The van der Waals surface area contributed by atoms with Crippen molar-refractivity contribution in [2.45, 2.75) is 58.8 Å². The molecule has 0 amide bonds. The van der Waals surface area contributed by atoms with Crippen LogP contribution in [0.15, 0.2) is 30.3 Å². The van der Waals surface area contributed by atoms with Crippen molar-refractivity contribution in [3.05, 3.63) is 35.9 Å². The summed E-state index contributed by atoms with van der Waals surface area (Å²) in [5, 5.41) is 3.62. The molecule has 0 saturated heterocycles. The molecule has 0 heterocycles. The van der Waals surface area contributed by atoms with Gasteiger partial charge in [-0.15, -0.1) is 0 Å². The molecule has 1 aliphatic carbocycles. The minimum atomic E-state index is 0.178. The number of nitrogens with one attached hydrogen (secondary N) is 1. The van der Waals surface area contributed by atoms with Gasteiger partial charge in [0.2, 0.25) is 0 Å². The lowest BCUT2D eigenvalue weighted by atomic mass is 9.64. The van der Waals surface area contributed by atoms with Crippen molar-refractivity contribution in [1.82, 2.24) is 5.32 Å². The smallest absolute Gasteiger partial charge is 0.0800 e. The van der Waals surface area contributed by atoms with E-state index in [2.05, 4.69) is 57.3 Å². The second-order valence-electron chi connectivity index (χ2n) is 6.24. The molecular formula is C17H27NO. The zero-order valence-corrected chi connectivity index (χ0v) is 12.6. The second kappa shape index (κ2) is 6.06. The first-order valence-corrected chi connectivity index (χ1v) is 7.49. The van der Waals surface area contributed by atoms with Gasteiger partial charge in [0, 0.05) is 11.5 Å². The molecule has 0 aliphatic heterocycles. The van der Waals surface area contributed by atoms with Crippen LogP contribution in [0.2, 0.25) is 0 Å². The van der Waals surface area contributed by atoms with Crippen LogP contribution in [0.1, 0.15) is 52.2 Å². The molecule has 3 atom stereocenters. The Morgan fingerprint density at radius 3 is 2.58 bits per heavy atom. The highest BCUT2D eigenvalue weighted by Crippen LogP contribution is 2.44. The maximum absolute atomic E-state index is 6.26. The molecule has 1 saturated carbocycles. The van der Waals surface area contributed by atoms with Crippen LogP contribution in [-0.2, 0) is 4.74 Å². The number of hydrogen-bond acceptors (Lipinski definition) is 2. The Hall–Kier alpha value is -0.860. The molecule has 106 valence electrons. The number of benzene rings is 1. The van der Waals surface area contributed by atoms with Gasteiger partial charge in [0.05, 0.1) is 12.2 Å². The van der Waals surface area contributed by atoms with Crippen LogP contribution in [0, 0.1) is 5.41 Å². The normalized spacial score (nSPS) is 26.7. The molecule has 1 N–H and O–H groups in total. The summed E-state index contributed by atoms with van der Waals surface area (Å²) in [5.74, 6) is 0. The third kappa shape index (κ3) is 3.18. The van der Waals surface area contributed by atoms with Gasteiger partial charge >= 0.3 is 0 Å². The topological polar surface area (TPSA) is 21.3 Å². The molecule has 1 aromatic rings. The molecule has 0 aromatic heterocycles. The summed E-state index contributed by atoms with van der Waals surface area (Å²) in [4.78, 5) is 0. The monoisotopic (exact) mass is 261 g/mol. The van der Waals surface area contributed by atoms with E-state index in [9.17, 15) is 0 Å². The van der Waals surface area contributed by atoms with Gasteiger partial charge in [-0.1, -0.05) is 51.1 Å². The van der Waals surface area contributed by atoms with Gasteiger partial charge in [0.1, 0.15) is 0 Å². The van der Waals surface area contributed by atoms with E-state index in [-0.39, 0.29) is 11.5 Å². The average molecular weight is 261 g/mol. The first kappa shape index (κ1) is 14.5. The summed E-state index contributed by atoms with van der Waals surface area (Å²) >= 11 is 0. The Morgan fingerprint density at radius 2 is 2.00 bits per heavy atom. The molecule has 1 aliphatic rings. The first-order valence-electron chi connectivity index (χ1n) is 7.49. The molecule has 3 unspecified atom stereocenters. The van der Waals surface area contributed by atoms with E-state index in [0.717, 1.165) is 13.0 Å². The van der Waals surface area contributed by atoms with Crippen LogP contribution < -0.4 is 5.32 Å². The summed E-state index contributed by atoms with van der Waals surface area (Å²) in [7, 11) is 0. The lowest BCUT2D eigenvalue weighted by molar-refractivity contribution is -0.144. The summed E-state index contributed by atoms with van der Waals surface area (Å²) in [6.45, 7) is 10.1. The Balaban J connectivity index is 1.88. The van der Waals surface area contributed by atoms with Crippen LogP contribution in [0.4, 0.5) is 0 Å². The van der Waals surface area contributed by atoms with Crippen LogP contribution in [0.25, 0.3) is 0 Å².